The van der Waals surface area contributed by atoms with Gasteiger partial charge in [0.25, 0.3) is 0 Å². The topological polar surface area (TPSA) is 195 Å². The summed E-state index contributed by atoms with van der Waals surface area (Å²) in [6, 6.07) is 12.3. The molecule has 2 heterocycles. The fourth-order valence-corrected chi connectivity index (χ4v) is 4.83. The van der Waals surface area contributed by atoms with E-state index in [0.29, 0.717) is 5.69 Å². The van der Waals surface area contributed by atoms with Crippen molar-refractivity contribution in [3.8, 4) is 0 Å². The predicted octanol–water partition coefficient (Wildman–Crippen LogP) is 1.44. The minimum Gasteiger partial charge on any atom is -0.480 e. The van der Waals surface area contributed by atoms with Crippen LogP contribution in [0.25, 0.3) is 10.9 Å². The van der Waals surface area contributed by atoms with Gasteiger partial charge in [-0.25, -0.2) is 9.78 Å². The number of hydrogen-bond acceptors (Lipinski definition) is 6. The lowest BCUT2D eigenvalue weighted by Crippen LogP contribution is -2.58. The molecule has 0 spiro atoms. The van der Waals surface area contributed by atoms with Crippen molar-refractivity contribution in [2.45, 2.75) is 57.3 Å². The van der Waals surface area contributed by atoms with Gasteiger partial charge >= 0.3 is 5.97 Å². The van der Waals surface area contributed by atoms with Crippen LogP contribution in [0.5, 0.6) is 0 Å². The molecule has 0 radical (unpaired) electrons. The van der Waals surface area contributed by atoms with Crippen LogP contribution in [0.4, 0.5) is 0 Å². The van der Waals surface area contributed by atoms with Crippen molar-refractivity contribution in [2.24, 2.45) is 11.7 Å². The summed E-state index contributed by atoms with van der Waals surface area (Å²) in [6.45, 7) is 3.37. The van der Waals surface area contributed by atoms with Crippen molar-refractivity contribution in [3.63, 3.8) is 0 Å². The Kier molecular flexibility index (Phi) is 10.3. The van der Waals surface area contributed by atoms with Gasteiger partial charge in [-0.1, -0.05) is 62.4 Å². The Morgan fingerprint density at radius 2 is 1.49 bits per heavy atom. The Bertz CT molecular complexity index is 1530. The second-order valence-electron chi connectivity index (χ2n) is 10.8. The van der Waals surface area contributed by atoms with E-state index in [2.05, 4.69) is 30.9 Å². The van der Waals surface area contributed by atoms with Crippen LogP contribution in [-0.4, -0.2) is 67.9 Å². The summed E-state index contributed by atoms with van der Waals surface area (Å²) in [6.07, 6.45) is 5.21. The number of H-pyrrole nitrogens is 2. The number of imidazole rings is 1. The number of aromatic amines is 2. The Morgan fingerprint density at radius 1 is 0.837 bits per heavy atom. The Morgan fingerprint density at radius 3 is 2.16 bits per heavy atom. The molecule has 0 saturated heterocycles. The van der Waals surface area contributed by atoms with E-state index < -0.39 is 53.8 Å². The van der Waals surface area contributed by atoms with E-state index in [1.807, 2.05) is 54.6 Å². The van der Waals surface area contributed by atoms with Gasteiger partial charge in [-0.05, 0) is 23.1 Å². The van der Waals surface area contributed by atoms with E-state index >= 15 is 0 Å². The SMILES string of the molecule is CC(C)C(NC(=O)C(Cc1c[nH]c2ccccc12)NC(=O)C(Cc1ccccc1)NC(=O)C(N)Cc1cnc[nH]1)C(=O)O. The molecule has 3 amide bonds. The minimum atomic E-state index is -1.18. The van der Waals surface area contributed by atoms with E-state index in [-0.39, 0.29) is 19.3 Å². The van der Waals surface area contributed by atoms with E-state index in [1.54, 1.807) is 26.2 Å². The third-order valence-corrected chi connectivity index (χ3v) is 7.21. The Balaban J connectivity index is 1.58. The number of fused-ring (bicyclic) bond motifs is 1. The first-order chi connectivity index (χ1) is 20.6. The largest absolute Gasteiger partial charge is 0.480 e. The second-order valence-corrected chi connectivity index (χ2v) is 10.8. The van der Waals surface area contributed by atoms with Gasteiger partial charge in [0.15, 0.2) is 0 Å². The van der Waals surface area contributed by atoms with Gasteiger partial charge in [0, 0.05) is 48.3 Å². The number of carbonyl (C=O) groups is 4. The van der Waals surface area contributed by atoms with Crippen LogP contribution in [0, 0.1) is 5.92 Å². The highest BCUT2D eigenvalue weighted by atomic mass is 16.4. The van der Waals surface area contributed by atoms with E-state index in [1.165, 1.54) is 6.33 Å². The van der Waals surface area contributed by atoms with Crippen molar-refractivity contribution >= 4 is 34.6 Å². The summed E-state index contributed by atoms with van der Waals surface area (Å²) >= 11 is 0. The highest BCUT2D eigenvalue weighted by molar-refractivity contribution is 5.95. The normalized spacial score (nSPS) is 14.0. The third kappa shape index (κ3) is 8.29. The number of benzene rings is 2. The quantitative estimate of drug-likeness (QED) is 0.116. The predicted molar refractivity (Wildman–Crippen MR) is 161 cm³/mol. The molecule has 4 atom stereocenters. The van der Waals surface area contributed by atoms with Crippen LogP contribution >= 0.6 is 0 Å². The molecule has 0 fully saturated rings. The average Bonchev–Trinajstić information content (AvgIpc) is 3.65. The molecule has 0 aliphatic carbocycles. The van der Waals surface area contributed by atoms with Gasteiger partial charge in [-0.3, -0.25) is 14.4 Å². The highest BCUT2D eigenvalue weighted by Crippen LogP contribution is 2.19. The van der Waals surface area contributed by atoms with Crippen molar-refractivity contribution in [1.29, 1.82) is 0 Å². The number of carboxylic acid groups (broad SMARTS) is 1. The molecular formula is C31H37N7O5. The number of nitrogens with one attached hydrogen (secondary N) is 5. The average molecular weight is 588 g/mol. The van der Waals surface area contributed by atoms with Gasteiger partial charge in [-0.2, -0.15) is 0 Å². The van der Waals surface area contributed by atoms with Crippen LogP contribution in [0.1, 0.15) is 30.7 Å². The summed E-state index contributed by atoms with van der Waals surface area (Å²) < 4.78 is 0. The van der Waals surface area contributed by atoms with Crippen LogP contribution < -0.4 is 21.7 Å². The number of hydrogen-bond donors (Lipinski definition) is 7. The van der Waals surface area contributed by atoms with Crippen molar-refractivity contribution in [1.82, 2.24) is 30.9 Å². The van der Waals surface area contributed by atoms with Gasteiger partial charge in [0.1, 0.15) is 18.1 Å². The zero-order chi connectivity index (χ0) is 30.9. The molecule has 0 aliphatic rings. The number of nitrogens with two attached hydrogens (primary N) is 1. The maximum Gasteiger partial charge on any atom is 0.326 e. The minimum absolute atomic E-state index is 0.0807. The molecule has 0 bridgehead atoms. The summed E-state index contributed by atoms with van der Waals surface area (Å²) in [5.74, 6) is -3.38. The van der Waals surface area contributed by atoms with Crippen LogP contribution in [0.3, 0.4) is 0 Å². The molecule has 12 nitrogen and oxygen atoms in total. The molecule has 0 aliphatic heterocycles. The molecule has 12 heteroatoms. The van der Waals surface area contributed by atoms with Gasteiger partial charge < -0.3 is 36.8 Å². The van der Waals surface area contributed by atoms with Crippen LogP contribution in [-0.2, 0) is 38.4 Å². The second kappa shape index (κ2) is 14.3. The van der Waals surface area contributed by atoms with E-state index in [9.17, 15) is 24.3 Å². The molecule has 2 aromatic carbocycles. The fraction of sp³-hybridized carbons (Fsp3) is 0.323. The molecular weight excluding hydrogens is 550 g/mol. The molecule has 226 valence electrons. The number of para-hydroxylation sites is 1. The van der Waals surface area contributed by atoms with Crippen LogP contribution in [0.15, 0.2) is 73.3 Å². The molecule has 4 aromatic rings. The molecule has 43 heavy (non-hydrogen) atoms. The summed E-state index contributed by atoms with van der Waals surface area (Å²) in [5.41, 5.74) is 9.21. The van der Waals surface area contributed by atoms with E-state index in [4.69, 9.17) is 5.73 Å². The summed E-state index contributed by atoms with van der Waals surface area (Å²) in [5, 5.41) is 18.6. The first-order valence-electron chi connectivity index (χ1n) is 14.1. The van der Waals surface area contributed by atoms with Crippen molar-refractivity contribution in [2.75, 3.05) is 0 Å². The molecule has 4 rings (SSSR count). The van der Waals surface area contributed by atoms with E-state index in [0.717, 1.165) is 22.0 Å². The fourth-order valence-electron chi connectivity index (χ4n) is 4.83. The van der Waals surface area contributed by atoms with Gasteiger partial charge in [-0.15, -0.1) is 0 Å². The highest BCUT2D eigenvalue weighted by Gasteiger charge is 2.32. The standard InChI is InChI=1S/C31H37N7O5/c1-18(2)27(31(42)43)38-30(41)26(13-20-15-34-24-11-7-6-10-22(20)24)37-29(40)25(12-19-8-4-3-5-9-19)36-28(39)23(32)14-21-16-33-17-35-21/h3-11,15-18,23,25-27,34H,12-14,32H2,1-2H3,(H,33,35)(H,36,39)(H,37,40)(H,38,41)(H,42,43). The Hall–Kier alpha value is -4.97. The first-order valence-corrected chi connectivity index (χ1v) is 14.1. The number of amides is 3. The maximum absolute atomic E-state index is 13.8. The van der Waals surface area contributed by atoms with Crippen molar-refractivity contribution < 1.29 is 24.3 Å². The number of nitrogens with zero attached hydrogens (tertiary/aromatic N) is 1. The van der Waals surface area contributed by atoms with Crippen molar-refractivity contribution in [3.05, 3.63) is 90.1 Å². The lowest BCUT2D eigenvalue weighted by Gasteiger charge is -2.26. The number of aromatic nitrogens is 3. The number of rotatable bonds is 14. The number of carboxylic acids is 1. The number of carbonyl (C=O) groups excluding carboxylic acids is 3. The van der Waals surface area contributed by atoms with Crippen LogP contribution in [0.2, 0.25) is 0 Å². The first kappa shape index (κ1) is 31.0. The molecule has 8 N–H and O–H groups in total. The summed E-state index contributed by atoms with van der Waals surface area (Å²) in [4.78, 5) is 62.3. The number of aliphatic carboxylic acids is 1. The maximum atomic E-state index is 13.8. The third-order valence-electron chi connectivity index (χ3n) is 7.21. The zero-order valence-electron chi connectivity index (χ0n) is 24.0. The Labute approximate surface area is 248 Å². The lowest BCUT2D eigenvalue weighted by atomic mass is 10.00. The lowest BCUT2D eigenvalue weighted by molar-refractivity contribution is -0.143. The smallest absolute Gasteiger partial charge is 0.326 e. The molecule has 2 aromatic heterocycles. The monoisotopic (exact) mass is 587 g/mol. The summed E-state index contributed by atoms with van der Waals surface area (Å²) in [7, 11) is 0. The molecule has 4 unspecified atom stereocenters. The zero-order valence-corrected chi connectivity index (χ0v) is 24.0. The van der Waals surface area contributed by atoms with Gasteiger partial charge in [0.05, 0.1) is 12.4 Å². The molecule has 0 saturated carbocycles. The van der Waals surface area contributed by atoms with Gasteiger partial charge in [0.2, 0.25) is 17.7 Å².